The van der Waals surface area contributed by atoms with Crippen LogP contribution in [0.1, 0.15) is 0 Å². The number of fused-ring (bicyclic) bond motifs is 1. The molecule has 72 valence electrons. The lowest BCUT2D eigenvalue weighted by molar-refractivity contribution is -0.383. The van der Waals surface area contributed by atoms with E-state index in [0.29, 0.717) is 16.7 Å². The van der Waals surface area contributed by atoms with Crippen molar-refractivity contribution < 1.29 is 9.66 Å². The Morgan fingerprint density at radius 3 is 3.00 bits per heavy atom. The number of aromatic nitrogens is 2. The minimum atomic E-state index is -0.458. The Labute approximate surface area is 78.6 Å². The molecule has 2 aromatic rings. The van der Waals surface area contributed by atoms with Gasteiger partial charge in [0.05, 0.1) is 35.2 Å². The van der Waals surface area contributed by atoms with Crippen molar-refractivity contribution in [3.63, 3.8) is 0 Å². The first-order valence-electron chi connectivity index (χ1n) is 3.88. The van der Waals surface area contributed by atoms with Crippen LogP contribution < -0.4 is 4.74 Å². The molecule has 0 saturated heterocycles. The Morgan fingerprint density at radius 2 is 2.36 bits per heavy atom. The third-order valence-electron chi connectivity index (χ3n) is 1.94. The van der Waals surface area contributed by atoms with E-state index in [2.05, 4.69) is 10.2 Å². The molecule has 6 nitrogen and oxygen atoms in total. The van der Waals surface area contributed by atoms with Crippen molar-refractivity contribution in [2.45, 2.75) is 0 Å². The van der Waals surface area contributed by atoms with Gasteiger partial charge < -0.3 is 4.74 Å². The summed E-state index contributed by atoms with van der Waals surface area (Å²) in [6, 6.07) is 3.03. The van der Waals surface area contributed by atoms with Gasteiger partial charge in [0.1, 0.15) is 5.75 Å². The predicted molar refractivity (Wildman–Crippen MR) is 49.3 cm³/mol. The summed E-state index contributed by atoms with van der Waals surface area (Å²) in [5, 5.41) is 17.6. The van der Waals surface area contributed by atoms with E-state index in [-0.39, 0.29) is 5.69 Å². The molecule has 2 rings (SSSR count). The van der Waals surface area contributed by atoms with Crippen molar-refractivity contribution in [2.24, 2.45) is 0 Å². The highest BCUT2D eigenvalue weighted by atomic mass is 16.6. The summed E-state index contributed by atoms with van der Waals surface area (Å²) in [5.74, 6) is 0.438. The number of non-ortho nitro benzene ring substituents is 1. The number of nitrogens with zero attached hydrogens (tertiary/aromatic N) is 2. The Bertz CT molecular complexity index is 492. The van der Waals surface area contributed by atoms with E-state index in [9.17, 15) is 10.1 Å². The molecule has 0 bridgehead atoms. The first-order chi connectivity index (χ1) is 6.72. The SMILES string of the molecule is COc1cc([N+](=O)[O-])c2cn[nH]c2c1. The molecule has 6 heteroatoms. The Balaban J connectivity index is 2.76. The summed E-state index contributed by atoms with van der Waals surface area (Å²) in [6.45, 7) is 0. The smallest absolute Gasteiger partial charge is 0.284 e. The van der Waals surface area contributed by atoms with Crippen LogP contribution in [-0.2, 0) is 0 Å². The van der Waals surface area contributed by atoms with E-state index in [0.717, 1.165) is 0 Å². The first-order valence-corrected chi connectivity index (χ1v) is 3.88. The molecule has 14 heavy (non-hydrogen) atoms. The van der Waals surface area contributed by atoms with Gasteiger partial charge in [0.25, 0.3) is 5.69 Å². The van der Waals surface area contributed by atoms with Crippen LogP contribution in [0.5, 0.6) is 5.75 Å². The number of H-pyrrole nitrogens is 1. The summed E-state index contributed by atoms with van der Waals surface area (Å²) in [7, 11) is 1.46. The van der Waals surface area contributed by atoms with E-state index >= 15 is 0 Å². The van der Waals surface area contributed by atoms with Crippen LogP contribution in [0.3, 0.4) is 0 Å². The molecule has 0 fully saturated rings. The van der Waals surface area contributed by atoms with Crippen molar-refractivity contribution in [1.82, 2.24) is 10.2 Å². The van der Waals surface area contributed by atoms with E-state index < -0.39 is 4.92 Å². The maximum Gasteiger partial charge on any atom is 0.284 e. The Morgan fingerprint density at radius 1 is 1.57 bits per heavy atom. The first kappa shape index (κ1) is 8.49. The van der Waals surface area contributed by atoms with Gasteiger partial charge >= 0.3 is 0 Å². The van der Waals surface area contributed by atoms with Crippen molar-refractivity contribution in [3.8, 4) is 5.75 Å². The third kappa shape index (κ3) is 1.17. The lowest BCUT2D eigenvalue weighted by atomic mass is 10.2. The topological polar surface area (TPSA) is 81.1 Å². The van der Waals surface area contributed by atoms with Crippen molar-refractivity contribution in [1.29, 1.82) is 0 Å². The summed E-state index contributed by atoms with van der Waals surface area (Å²) >= 11 is 0. The zero-order chi connectivity index (χ0) is 10.1. The lowest BCUT2D eigenvalue weighted by Crippen LogP contribution is -1.90. The zero-order valence-corrected chi connectivity index (χ0v) is 7.35. The van der Waals surface area contributed by atoms with Gasteiger partial charge in [-0.3, -0.25) is 15.2 Å². The normalized spacial score (nSPS) is 10.4. The van der Waals surface area contributed by atoms with Crippen molar-refractivity contribution >= 4 is 16.6 Å². The lowest BCUT2D eigenvalue weighted by Gasteiger charge is -1.99. The summed E-state index contributed by atoms with van der Waals surface area (Å²) in [5.41, 5.74) is 0.587. The average molecular weight is 193 g/mol. The predicted octanol–water partition coefficient (Wildman–Crippen LogP) is 1.48. The molecular weight excluding hydrogens is 186 g/mol. The maximum atomic E-state index is 10.7. The maximum absolute atomic E-state index is 10.7. The number of nitrogens with one attached hydrogen (secondary N) is 1. The van der Waals surface area contributed by atoms with Crippen LogP contribution in [0, 0.1) is 10.1 Å². The largest absolute Gasteiger partial charge is 0.496 e. The highest BCUT2D eigenvalue weighted by Crippen LogP contribution is 2.29. The van der Waals surface area contributed by atoms with Gasteiger partial charge in [0, 0.05) is 6.07 Å². The minimum Gasteiger partial charge on any atom is -0.496 e. The highest BCUT2D eigenvalue weighted by Gasteiger charge is 2.15. The van der Waals surface area contributed by atoms with Gasteiger partial charge in [0.2, 0.25) is 0 Å². The second kappa shape index (κ2) is 2.99. The number of methoxy groups -OCH3 is 1. The van der Waals surface area contributed by atoms with Crippen molar-refractivity contribution in [3.05, 3.63) is 28.4 Å². The number of benzene rings is 1. The number of nitro benzene ring substituents is 1. The molecule has 0 amide bonds. The number of rotatable bonds is 2. The van der Waals surface area contributed by atoms with Gasteiger partial charge in [-0.15, -0.1) is 0 Å². The van der Waals surface area contributed by atoms with Crippen LogP contribution in [0.15, 0.2) is 18.3 Å². The molecule has 0 aliphatic rings. The molecule has 0 aliphatic carbocycles. The second-order valence-electron chi connectivity index (χ2n) is 2.73. The molecule has 1 aromatic carbocycles. The third-order valence-corrected chi connectivity index (χ3v) is 1.94. The quantitative estimate of drug-likeness (QED) is 0.578. The summed E-state index contributed by atoms with van der Waals surface area (Å²) in [6.07, 6.45) is 1.42. The molecule has 0 aliphatic heterocycles. The highest BCUT2D eigenvalue weighted by molar-refractivity contribution is 5.88. The number of aromatic amines is 1. The summed E-state index contributed by atoms with van der Waals surface area (Å²) in [4.78, 5) is 10.2. The van der Waals surface area contributed by atoms with Crippen LogP contribution in [-0.4, -0.2) is 22.2 Å². The van der Waals surface area contributed by atoms with E-state index in [1.165, 1.54) is 19.4 Å². The molecule has 0 radical (unpaired) electrons. The van der Waals surface area contributed by atoms with Gasteiger partial charge in [0.15, 0.2) is 0 Å². The number of nitro groups is 1. The zero-order valence-electron chi connectivity index (χ0n) is 7.35. The fraction of sp³-hybridized carbons (Fsp3) is 0.125. The molecule has 0 saturated carbocycles. The van der Waals surface area contributed by atoms with Gasteiger partial charge in [-0.2, -0.15) is 5.10 Å². The molecular formula is C8H7N3O3. The van der Waals surface area contributed by atoms with E-state index in [1.807, 2.05) is 0 Å². The van der Waals surface area contributed by atoms with Crippen molar-refractivity contribution in [2.75, 3.05) is 7.11 Å². The fourth-order valence-corrected chi connectivity index (χ4v) is 1.28. The standard InChI is InChI=1S/C8H7N3O3/c1-14-5-2-7-6(4-9-10-7)8(3-5)11(12)13/h2-4H,1H3,(H,9,10). The molecule has 0 atom stereocenters. The minimum absolute atomic E-state index is 0.00639. The Kier molecular flexibility index (Phi) is 1.81. The van der Waals surface area contributed by atoms with Crippen LogP contribution >= 0.6 is 0 Å². The summed E-state index contributed by atoms with van der Waals surface area (Å²) < 4.78 is 4.93. The van der Waals surface area contributed by atoms with Gasteiger partial charge in [-0.1, -0.05) is 0 Å². The second-order valence-corrected chi connectivity index (χ2v) is 2.73. The van der Waals surface area contributed by atoms with Gasteiger partial charge in [-0.25, -0.2) is 0 Å². The number of hydrogen-bond donors (Lipinski definition) is 1. The van der Waals surface area contributed by atoms with E-state index in [1.54, 1.807) is 6.07 Å². The number of hydrogen-bond acceptors (Lipinski definition) is 4. The van der Waals surface area contributed by atoms with Crippen LogP contribution in [0.25, 0.3) is 10.9 Å². The molecule has 0 unspecified atom stereocenters. The number of ether oxygens (including phenoxy) is 1. The molecule has 0 spiro atoms. The van der Waals surface area contributed by atoms with Crippen LogP contribution in [0.2, 0.25) is 0 Å². The molecule has 1 aromatic heterocycles. The molecule has 1 heterocycles. The van der Waals surface area contributed by atoms with E-state index in [4.69, 9.17) is 4.74 Å². The van der Waals surface area contributed by atoms with Gasteiger partial charge in [-0.05, 0) is 0 Å². The monoisotopic (exact) mass is 193 g/mol. The average Bonchev–Trinajstić information content (AvgIpc) is 2.63. The Hall–Kier alpha value is -2.11. The molecule has 1 N–H and O–H groups in total. The van der Waals surface area contributed by atoms with Crippen LogP contribution in [0.4, 0.5) is 5.69 Å². The fourth-order valence-electron chi connectivity index (χ4n) is 1.28.